The van der Waals surface area contributed by atoms with E-state index in [4.69, 9.17) is 11.8 Å². The summed E-state index contributed by atoms with van der Waals surface area (Å²) in [4.78, 5) is 12.1. The second-order valence-corrected chi connectivity index (χ2v) is 2.43. The van der Waals surface area contributed by atoms with Gasteiger partial charge in [0.05, 0.1) is 13.0 Å². The Labute approximate surface area is 78.3 Å². The molecular formula is C6H9ClF3NO2. The maximum atomic E-state index is 12.0. The van der Waals surface area contributed by atoms with E-state index in [-0.39, 0.29) is 6.61 Å². The summed E-state index contributed by atoms with van der Waals surface area (Å²) in [6.45, 7) is 1.56. The Morgan fingerprint density at radius 2 is 2.15 bits per heavy atom. The second kappa shape index (κ2) is 5.29. The number of halogens is 4. The predicted octanol–water partition coefficient (Wildman–Crippen LogP) is 1.61. The van der Waals surface area contributed by atoms with E-state index in [0.29, 0.717) is 0 Å². The van der Waals surface area contributed by atoms with E-state index in [2.05, 4.69) is 4.74 Å². The van der Waals surface area contributed by atoms with E-state index in [0.717, 1.165) is 0 Å². The van der Waals surface area contributed by atoms with Crippen LogP contribution in [0.3, 0.4) is 0 Å². The standard InChI is InChI=1S/C6H9ClF3NO2/c1-2-13-5(12)3-4(11-7)6(8,9)10/h4,11H,2-3H2,1H3. The number of rotatable bonds is 4. The lowest BCUT2D eigenvalue weighted by molar-refractivity contribution is -0.166. The Morgan fingerprint density at radius 3 is 2.46 bits per heavy atom. The molecule has 0 saturated heterocycles. The van der Waals surface area contributed by atoms with Crippen LogP contribution in [0.25, 0.3) is 0 Å². The number of hydrogen-bond acceptors (Lipinski definition) is 3. The van der Waals surface area contributed by atoms with Gasteiger partial charge in [0, 0.05) is 0 Å². The molecule has 0 rings (SSSR count). The minimum atomic E-state index is -4.55. The fourth-order valence-corrected chi connectivity index (χ4v) is 0.804. The molecule has 0 radical (unpaired) electrons. The highest BCUT2D eigenvalue weighted by molar-refractivity contribution is 6.13. The summed E-state index contributed by atoms with van der Waals surface area (Å²) >= 11 is 4.82. The van der Waals surface area contributed by atoms with E-state index in [1.165, 1.54) is 11.8 Å². The molecule has 0 aliphatic carbocycles. The Balaban J connectivity index is 4.06. The smallest absolute Gasteiger partial charge is 0.405 e. The molecule has 3 nitrogen and oxygen atoms in total. The van der Waals surface area contributed by atoms with E-state index in [1.807, 2.05) is 0 Å². The number of esters is 1. The zero-order valence-electron chi connectivity index (χ0n) is 6.82. The van der Waals surface area contributed by atoms with Gasteiger partial charge in [-0.1, -0.05) is 0 Å². The molecule has 0 spiro atoms. The van der Waals surface area contributed by atoms with Crippen molar-refractivity contribution < 1.29 is 22.7 Å². The summed E-state index contributed by atoms with van der Waals surface area (Å²) in [5, 5.41) is 0. The second-order valence-electron chi connectivity index (χ2n) is 2.21. The molecule has 0 saturated carbocycles. The normalized spacial score (nSPS) is 13.9. The lowest BCUT2D eigenvalue weighted by Gasteiger charge is -2.16. The van der Waals surface area contributed by atoms with Gasteiger partial charge in [-0.15, -0.1) is 0 Å². The van der Waals surface area contributed by atoms with Gasteiger partial charge < -0.3 is 4.74 Å². The lowest BCUT2D eigenvalue weighted by atomic mass is 10.2. The number of nitrogens with one attached hydrogen (secondary N) is 1. The topological polar surface area (TPSA) is 38.3 Å². The molecule has 0 amide bonds. The van der Waals surface area contributed by atoms with Crippen molar-refractivity contribution in [3.8, 4) is 0 Å². The van der Waals surface area contributed by atoms with Crippen molar-refractivity contribution >= 4 is 17.7 Å². The molecule has 1 unspecified atom stereocenters. The molecule has 0 aliphatic rings. The Morgan fingerprint density at radius 1 is 1.62 bits per heavy atom. The number of ether oxygens (including phenoxy) is 1. The van der Waals surface area contributed by atoms with Crippen molar-refractivity contribution in [1.29, 1.82) is 0 Å². The first kappa shape index (κ1) is 12.5. The summed E-state index contributed by atoms with van der Waals surface area (Å²) in [6, 6.07) is -2.06. The summed E-state index contributed by atoms with van der Waals surface area (Å²) in [5.41, 5.74) is 0. The van der Waals surface area contributed by atoms with Gasteiger partial charge in [-0.25, -0.2) is 4.84 Å². The minimum Gasteiger partial charge on any atom is -0.466 e. The van der Waals surface area contributed by atoms with Gasteiger partial charge in [0.25, 0.3) is 0 Å². The summed E-state index contributed by atoms with van der Waals surface area (Å²) in [6.07, 6.45) is -5.37. The SMILES string of the molecule is CCOC(=O)CC(NCl)C(F)(F)F. The van der Waals surface area contributed by atoms with Crippen molar-refractivity contribution in [1.82, 2.24) is 4.84 Å². The van der Waals surface area contributed by atoms with Crippen LogP contribution in [0.4, 0.5) is 13.2 Å². The van der Waals surface area contributed by atoms with Crippen LogP contribution in [0.1, 0.15) is 13.3 Å². The number of carbonyl (C=O) groups is 1. The largest absolute Gasteiger partial charge is 0.466 e. The predicted molar refractivity (Wildman–Crippen MR) is 40.1 cm³/mol. The van der Waals surface area contributed by atoms with Gasteiger partial charge in [-0.2, -0.15) is 13.2 Å². The average Bonchev–Trinajstić information content (AvgIpc) is 1.98. The molecule has 1 atom stereocenters. The number of hydrogen-bond donors (Lipinski definition) is 1. The molecule has 0 aliphatic heterocycles. The molecule has 0 aromatic carbocycles. The molecule has 0 aromatic heterocycles. The maximum Gasteiger partial charge on any atom is 0.405 e. The summed E-state index contributed by atoms with van der Waals surface area (Å²) < 4.78 is 40.2. The third-order valence-corrected chi connectivity index (χ3v) is 1.47. The highest BCUT2D eigenvalue weighted by atomic mass is 35.5. The maximum absolute atomic E-state index is 12.0. The fraction of sp³-hybridized carbons (Fsp3) is 0.833. The van der Waals surface area contributed by atoms with Gasteiger partial charge in [0.2, 0.25) is 0 Å². The monoisotopic (exact) mass is 219 g/mol. The molecule has 78 valence electrons. The first-order chi connectivity index (χ1) is 5.91. The van der Waals surface area contributed by atoms with Crippen molar-refractivity contribution in [2.24, 2.45) is 0 Å². The Bertz CT molecular complexity index is 174. The van der Waals surface area contributed by atoms with Gasteiger partial charge in [0.15, 0.2) is 0 Å². The van der Waals surface area contributed by atoms with Gasteiger partial charge >= 0.3 is 12.1 Å². The van der Waals surface area contributed by atoms with Crippen LogP contribution in [0, 0.1) is 0 Å². The zero-order chi connectivity index (χ0) is 10.5. The van der Waals surface area contributed by atoms with Crippen LogP contribution >= 0.6 is 11.8 Å². The first-order valence-electron chi connectivity index (χ1n) is 3.50. The van der Waals surface area contributed by atoms with Crippen LogP contribution in [-0.2, 0) is 9.53 Å². The minimum absolute atomic E-state index is 0.0473. The molecule has 0 aromatic rings. The number of carbonyl (C=O) groups excluding carboxylic acids is 1. The van der Waals surface area contributed by atoms with E-state index in [9.17, 15) is 18.0 Å². The molecule has 0 fully saturated rings. The van der Waals surface area contributed by atoms with Crippen LogP contribution in [-0.4, -0.2) is 24.8 Å². The third-order valence-electron chi connectivity index (χ3n) is 1.20. The lowest BCUT2D eigenvalue weighted by Crippen LogP contribution is -2.39. The molecule has 13 heavy (non-hydrogen) atoms. The molecular weight excluding hydrogens is 211 g/mol. The molecule has 0 bridgehead atoms. The Hall–Kier alpha value is -0.490. The van der Waals surface area contributed by atoms with E-state index in [1.54, 1.807) is 0 Å². The van der Waals surface area contributed by atoms with Gasteiger partial charge in [-0.05, 0) is 18.7 Å². The number of alkyl halides is 3. The van der Waals surface area contributed by atoms with E-state index >= 15 is 0 Å². The zero-order valence-corrected chi connectivity index (χ0v) is 7.58. The van der Waals surface area contributed by atoms with Crippen molar-refractivity contribution in [2.45, 2.75) is 25.6 Å². The third kappa shape index (κ3) is 4.94. The summed E-state index contributed by atoms with van der Waals surface area (Å²) in [5.74, 6) is -0.932. The van der Waals surface area contributed by atoms with Crippen LogP contribution in [0.5, 0.6) is 0 Å². The quantitative estimate of drug-likeness (QED) is 0.577. The van der Waals surface area contributed by atoms with E-state index < -0.39 is 24.6 Å². The average molecular weight is 220 g/mol. The van der Waals surface area contributed by atoms with Gasteiger partial charge in [0.1, 0.15) is 6.04 Å². The first-order valence-corrected chi connectivity index (χ1v) is 3.88. The Kier molecular flexibility index (Phi) is 5.09. The highest BCUT2D eigenvalue weighted by Gasteiger charge is 2.40. The van der Waals surface area contributed by atoms with Crippen LogP contribution < -0.4 is 4.84 Å². The molecule has 0 heterocycles. The van der Waals surface area contributed by atoms with Crippen LogP contribution in [0.15, 0.2) is 0 Å². The van der Waals surface area contributed by atoms with Crippen molar-refractivity contribution in [3.05, 3.63) is 0 Å². The summed E-state index contributed by atoms with van der Waals surface area (Å²) in [7, 11) is 0. The highest BCUT2D eigenvalue weighted by Crippen LogP contribution is 2.23. The van der Waals surface area contributed by atoms with Crippen LogP contribution in [0.2, 0.25) is 0 Å². The van der Waals surface area contributed by atoms with Crippen molar-refractivity contribution in [3.63, 3.8) is 0 Å². The van der Waals surface area contributed by atoms with Crippen molar-refractivity contribution in [2.75, 3.05) is 6.61 Å². The molecule has 7 heteroatoms. The van der Waals surface area contributed by atoms with Gasteiger partial charge in [-0.3, -0.25) is 4.79 Å². The fourth-order valence-electron chi connectivity index (χ4n) is 0.603. The molecule has 1 N–H and O–H groups in total.